The molecule has 0 saturated carbocycles. The molecule has 1 rings (SSSR count). The number of rotatable bonds is 5. The van der Waals surface area contributed by atoms with Gasteiger partial charge in [-0.1, -0.05) is 6.92 Å². The van der Waals surface area contributed by atoms with Crippen LogP contribution < -0.4 is 5.32 Å². The first-order valence-corrected chi connectivity index (χ1v) is 4.43. The maximum Gasteiger partial charge on any atom is 0.306 e. The highest BCUT2D eigenvalue weighted by atomic mass is 16.4. The summed E-state index contributed by atoms with van der Waals surface area (Å²) in [6, 6.07) is 0. The van der Waals surface area contributed by atoms with Gasteiger partial charge in [-0.3, -0.25) is 9.78 Å². The van der Waals surface area contributed by atoms with E-state index in [0.29, 0.717) is 18.8 Å². The number of nitrogens with one attached hydrogen (secondary N) is 1. The van der Waals surface area contributed by atoms with E-state index in [9.17, 15) is 4.79 Å². The first-order valence-electron chi connectivity index (χ1n) is 4.43. The lowest BCUT2D eigenvalue weighted by Gasteiger charge is -2.07. The van der Waals surface area contributed by atoms with Crippen LogP contribution in [0.2, 0.25) is 0 Å². The molecule has 1 aromatic heterocycles. The van der Waals surface area contributed by atoms with Gasteiger partial charge in [0, 0.05) is 18.9 Å². The van der Waals surface area contributed by atoms with Gasteiger partial charge in [-0.25, -0.2) is 4.98 Å². The molecular weight excluding hydrogens is 182 g/mol. The Kier molecular flexibility index (Phi) is 3.84. The molecule has 0 aliphatic heterocycles. The molecule has 1 heterocycles. The fraction of sp³-hybridized carbons (Fsp3) is 0.444. The highest BCUT2D eigenvalue weighted by Gasteiger charge is 2.09. The lowest BCUT2D eigenvalue weighted by atomic mass is 10.1. The van der Waals surface area contributed by atoms with E-state index in [2.05, 4.69) is 15.3 Å². The van der Waals surface area contributed by atoms with Crippen LogP contribution in [0.15, 0.2) is 18.6 Å². The van der Waals surface area contributed by atoms with Crippen LogP contribution in [0.1, 0.15) is 13.3 Å². The second kappa shape index (κ2) is 5.16. The third-order valence-electron chi connectivity index (χ3n) is 1.87. The third kappa shape index (κ3) is 3.38. The van der Waals surface area contributed by atoms with Gasteiger partial charge in [0.1, 0.15) is 5.82 Å². The molecule has 0 aliphatic carbocycles. The largest absolute Gasteiger partial charge is 0.481 e. The zero-order chi connectivity index (χ0) is 10.4. The maximum absolute atomic E-state index is 10.5. The van der Waals surface area contributed by atoms with Crippen LogP contribution in [-0.2, 0) is 4.79 Å². The number of carboxylic acids is 1. The van der Waals surface area contributed by atoms with Crippen molar-refractivity contribution in [2.75, 3.05) is 11.9 Å². The molecule has 14 heavy (non-hydrogen) atoms. The van der Waals surface area contributed by atoms with Crippen LogP contribution in [0.25, 0.3) is 0 Å². The van der Waals surface area contributed by atoms with E-state index in [4.69, 9.17) is 5.11 Å². The zero-order valence-corrected chi connectivity index (χ0v) is 7.97. The summed E-state index contributed by atoms with van der Waals surface area (Å²) >= 11 is 0. The minimum Gasteiger partial charge on any atom is -0.481 e. The summed E-state index contributed by atoms with van der Waals surface area (Å²) in [6.07, 6.45) is 5.35. The average Bonchev–Trinajstić information content (AvgIpc) is 2.19. The summed E-state index contributed by atoms with van der Waals surface area (Å²) in [5.74, 6) is -0.435. The van der Waals surface area contributed by atoms with E-state index in [0.717, 1.165) is 0 Å². The first-order chi connectivity index (χ1) is 6.70. The van der Waals surface area contributed by atoms with Crippen LogP contribution in [0.3, 0.4) is 0 Å². The number of carboxylic acid groups (broad SMARTS) is 1. The van der Waals surface area contributed by atoms with Gasteiger partial charge in [0.25, 0.3) is 0 Å². The van der Waals surface area contributed by atoms with Crippen molar-refractivity contribution < 1.29 is 9.90 Å². The molecule has 1 unspecified atom stereocenters. The molecule has 1 aromatic rings. The van der Waals surface area contributed by atoms with E-state index >= 15 is 0 Å². The predicted molar refractivity (Wildman–Crippen MR) is 51.9 cm³/mol. The van der Waals surface area contributed by atoms with E-state index < -0.39 is 5.97 Å². The number of carbonyl (C=O) groups is 1. The molecule has 0 spiro atoms. The number of anilines is 1. The molecule has 0 bridgehead atoms. The van der Waals surface area contributed by atoms with E-state index in [-0.39, 0.29) is 5.92 Å². The normalized spacial score (nSPS) is 12.1. The molecule has 0 aliphatic rings. The van der Waals surface area contributed by atoms with Crippen molar-refractivity contribution in [3.63, 3.8) is 0 Å². The molecular formula is C9H13N3O2. The summed E-state index contributed by atoms with van der Waals surface area (Å²) in [6.45, 7) is 2.27. The Labute approximate surface area is 82.2 Å². The Morgan fingerprint density at radius 2 is 2.43 bits per heavy atom. The zero-order valence-electron chi connectivity index (χ0n) is 7.97. The fourth-order valence-electron chi connectivity index (χ4n) is 0.931. The van der Waals surface area contributed by atoms with Crippen molar-refractivity contribution >= 4 is 11.8 Å². The Bertz CT molecular complexity index is 289. The second-order valence-electron chi connectivity index (χ2n) is 3.05. The van der Waals surface area contributed by atoms with Crippen LogP contribution in [0.5, 0.6) is 0 Å². The van der Waals surface area contributed by atoms with Crippen LogP contribution in [0.4, 0.5) is 5.82 Å². The summed E-state index contributed by atoms with van der Waals surface area (Å²) in [4.78, 5) is 18.4. The smallest absolute Gasteiger partial charge is 0.306 e. The predicted octanol–water partition coefficient (Wildman–Crippen LogP) is 0.999. The van der Waals surface area contributed by atoms with Crippen molar-refractivity contribution in [3.05, 3.63) is 18.6 Å². The molecule has 0 saturated heterocycles. The topological polar surface area (TPSA) is 75.1 Å². The lowest BCUT2D eigenvalue weighted by Crippen LogP contribution is -2.14. The van der Waals surface area contributed by atoms with Crippen molar-refractivity contribution in [2.45, 2.75) is 13.3 Å². The van der Waals surface area contributed by atoms with Gasteiger partial charge in [-0.15, -0.1) is 0 Å². The van der Waals surface area contributed by atoms with Gasteiger partial charge >= 0.3 is 5.97 Å². The van der Waals surface area contributed by atoms with Crippen molar-refractivity contribution in [1.29, 1.82) is 0 Å². The molecule has 5 heteroatoms. The summed E-state index contributed by atoms with van der Waals surface area (Å²) in [5, 5.41) is 11.6. The molecule has 0 aromatic carbocycles. The summed E-state index contributed by atoms with van der Waals surface area (Å²) < 4.78 is 0. The van der Waals surface area contributed by atoms with Gasteiger partial charge < -0.3 is 10.4 Å². The summed E-state index contributed by atoms with van der Waals surface area (Å²) in [5.41, 5.74) is 0. The first kappa shape index (κ1) is 10.4. The number of aliphatic carboxylic acids is 1. The fourth-order valence-corrected chi connectivity index (χ4v) is 0.931. The van der Waals surface area contributed by atoms with E-state index in [1.807, 2.05) is 0 Å². The second-order valence-corrected chi connectivity index (χ2v) is 3.05. The van der Waals surface area contributed by atoms with Crippen LogP contribution in [0, 0.1) is 5.92 Å². The van der Waals surface area contributed by atoms with Gasteiger partial charge in [-0.2, -0.15) is 0 Å². The maximum atomic E-state index is 10.5. The van der Waals surface area contributed by atoms with Gasteiger partial charge in [0.05, 0.1) is 12.1 Å². The number of hydrogen-bond acceptors (Lipinski definition) is 4. The van der Waals surface area contributed by atoms with Gasteiger partial charge in [0.15, 0.2) is 0 Å². The number of hydrogen-bond donors (Lipinski definition) is 2. The SMILES string of the molecule is CC(CCNc1cnccn1)C(=O)O. The van der Waals surface area contributed by atoms with Gasteiger partial charge in [-0.05, 0) is 6.42 Å². The Balaban J connectivity index is 2.26. The average molecular weight is 195 g/mol. The standard InChI is InChI=1S/C9H13N3O2/c1-7(9(13)14)2-3-11-8-6-10-4-5-12-8/h4-7H,2-3H2,1H3,(H,11,12)(H,13,14). The minimum absolute atomic E-state index is 0.334. The van der Waals surface area contributed by atoms with Crippen molar-refractivity contribution in [2.24, 2.45) is 5.92 Å². The molecule has 5 nitrogen and oxygen atoms in total. The highest BCUT2D eigenvalue weighted by Crippen LogP contribution is 2.03. The Morgan fingerprint density at radius 1 is 1.64 bits per heavy atom. The lowest BCUT2D eigenvalue weighted by molar-refractivity contribution is -0.141. The van der Waals surface area contributed by atoms with Gasteiger partial charge in [0.2, 0.25) is 0 Å². The molecule has 1 atom stereocenters. The number of nitrogens with zero attached hydrogens (tertiary/aromatic N) is 2. The Hall–Kier alpha value is -1.65. The van der Waals surface area contributed by atoms with Crippen molar-refractivity contribution in [1.82, 2.24) is 9.97 Å². The Morgan fingerprint density at radius 3 is 3.00 bits per heavy atom. The summed E-state index contributed by atoms with van der Waals surface area (Å²) in [7, 11) is 0. The van der Waals surface area contributed by atoms with E-state index in [1.165, 1.54) is 0 Å². The van der Waals surface area contributed by atoms with Crippen LogP contribution >= 0.6 is 0 Å². The molecule has 2 N–H and O–H groups in total. The molecule has 0 radical (unpaired) electrons. The minimum atomic E-state index is -0.772. The monoisotopic (exact) mass is 195 g/mol. The van der Waals surface area contributed by atoms with Crippen LogP contribution in [-0.4, -0.2) is 27.6 Å². The molecule has 76 valence electrons. The van der Waals surface area contributed by atoms with E-state index in [1.54, 1.807) is 25.5 Å². The third-order valence-corrected chi connectivity index (χ3v) is 1.87. The molecule has 0 fully saturated rings. The van der Waals surface area contributed by atoms with Crippen molar-refractivity contribution in [3.8, 4) is 0 Å². The quantitative estimate of drug-likeness (QED) is 0.733. The molecule has 0 amide bonds. The number of aromatic nitrogens is 2. The highest BCUT2D eigenvalue weighted by molar-refractivity contribution is 5.69.